The fourth-order valence-corrected chi connectivity index (χ4v) is 5.93. The Morgan fingerprint density at radius 3 is 2.50 bits per heavy atom. The first-order valence-electron chi connectivity index (χ1n) is 11.9. The number of piperazine rings is 1. The zero-order valence-electron chi connectivity index (χ0n) is 20.7. The quantitative estimate of drug-likeness (QED) is 0.315. The lowest BCUT2D eigenvalue weighted by atomic mass is 10.1. The van der Waals surface area contributed by atoms with Crippen LogP contribution in [0, 0.1) is 6.92 Å². The van der Waals surface area contributed by atoms with Crippen LogP contribution in [0.5, 0.6) is 5.75 Å². The smallest absolute Gasteiger partial charge is 0.225 e. The Labute approximate surface area is 230 Å². The van der Waals surface area contributed by atoms with E-state index < -0.39 is 16.3 Å². The lowest BCUT2D eigenvalue weighted by molar-refractivity contribution is 0.214. The number of hydrogen-bond acceptors (Lipinski definition) is 9. The molecular weight excluding hydrogens is 551 g/mol. The summed E-state index contributed by atoms with van der Waals surface area (Å²) in [5, 5.41) is 8.94. The van der Waals surface area contributed by atoms with E-state index in [4.69, 9.17) is 33.7 Å². The predicted octanol–water partition coefficient (Wildman–Crippen LogP) is 3.54. The van der Waals surface area contributed by atoms with E-state index in [1.54, 1.807) is 32.3 Å². The van der Waals surface area contributed by atoms with Crippen LogP contribution in [0.3, 0.4) is 0 Å². The van der Waals surface area contributed by atoms with Gasteiger partial charge in [0.1, 0.15) is 11.4 Å². The number of aromatic nitrogens is 5. The molecule has 1 aliphatic rings. The molecule has 0 bridgehead atoms. The van der Waals surface area contributed by atoms with Gasteiger partial charge in [-0.15, -0.1) is 0 Å². The molecule has 3 aromatic heterocycles. The van der Waals surface area contributed by atoms with Crippen LogP contribution >= 0.6 is 23.2 Å². The molecule has 1 atom stereocenters. The van der Waals surface area contributed by atoms with Crippen LogP contribution in [0.2, 0.25) is 10.0 Å². The van der Waals surface area contributed by atoms with Crippen LogP contribution in [0.1, 0.15) is 24.4 Å². The van der Waals surface area contributed by atoms with Crippen molar-refractivity contribution >= 4 is 50.1 Å². The maximum Gasteiger partial charge on any atom is 0.225 e. The molecule has 0 radical (unpaired) electrons. The van der Waals surface area contributed by atoms with Crippen LogP contribution in [-0.2, 0) is 10.0 Å². The lowest BCUT2D eigenvalue weighted by Crippen LogP contribution is -2.49. The number of hydrogen-bond donors (Lipinski definition) is 2. The maximum absolute atomic E-state index is 12.1. The van der Waals surface area contributed by atoms with E-state index in [2.05, 4.69) is 25.1 Å². The molecule has 0 amide bonds. The summed E-state index contributed by atoms with van der Waals surface area (Å²) >= 11 is 12.7. The molecule has 1 saturated heterocycles. The fraction of sp³-hybridized carbons (Fsp3) is 0.333. The summed E-state index contributed by atoms with van der Waals surface area (Å²) in [6, 6.07) is 5.44. The first-order chi connectivity index (χ1) is 18.2. The Morgan fingerprint density at radius 2 is 1.82 bits per heavy atom. The highest BCUT2D eigenvalue weighted by Gasteiger charge is 2.26. The van der Waals surface area contributed by atoms with E-state index >= 15 is 0 Å². The third-order valence-electron chi connectivity index (χ3n) is 6.46. The number of ether oxygens (including phenoxy) is 1. The average Bonchev–Trinajstić information content (AvgIpc) is 3.34. The summed E-state index contributed by atoms with van der Waals surface area (Å²) < 4.78 is 31.7. The second-order valence-corrected chi connectivity index (χ2v) is 11.8. The largest absolute Gasteiger partial charge is 0.471 e. The topological polar surface area (TPSA) is 143 Å². The fourth-order valence-electron chi connectivity index (χ4n) is 4.29. The third kappa shape index (κ3) is 5.14. The number of H-pyrrole nitrogens is 1. The second-order valence-electron chi connectivity index (χ2n) is 8.80. The highest BCUT2D eigenvalue weighted by molar-refractivity contribution is 7.89. The van der Waals surface area contributed by atoms with Gasteiger partial charge in [0, 0.05) is 61.3 Å². The number of pyridine rings is 1. The van der Waals surface area contributed by atoms with Crippen LogP contribution in [0.4, 0.5) is 5.95 Å². The molecule has 5 rings (SSSR count). The Balaban J connectivity index is 1.34. The summed E-state index contributed by atoms with van der Waals surface area (Å²) in [5.74, 6) is 1.14. The van der Waals surface area contributed by atoms with Crippen LogP contribution < -0.4 is 15.4 Å². The number of sulfonamides is 1. The molecule has 0 unspecified atom stereocenters. The first kappa shape index (κ1) is 26.6. The van der Waals surface area contributed by atoms with Gasteiger partial charge in [-0.25, -0.2) is 18.4 Å². The Bertz CT molecular complexity index is 1570. The molecule has 0 spiro atoms. The maximum atomic E-state index is 12.1. The second kappa shape index (κ2) is 10.6. The zero-order valence-corrected chi connectivity index (χ0v) is 23.1. The highest BCUT2D eigenvalue weighted by Crippen LogP contribution is 2.34. The van der Waals surface area contributed by atoms with E-state index in [1.807, 2.05) is 17.0 Å². The molecule has 1 aromatic carbocycles. The summed E-state index contributed by atoms with van der Waals surface area (Å²) in [7, 11) is -3.20. The molecular formula is C24H26Cl2N8O3S. The molecule has 3 N–H and O–H groups in total. The summed E-state index contributed by atoms with van der Waals surface area (Å²) in [6.45, 7) is 5.28. The summed E-state index contributed by atoms with van der Waals surface area (Å²) in [6.07, 6.45) is 3.99. The van der Waals surface area contributed by atoms with Gasteiger partial charge in [0.15, 0.2) is 6.23 Å². The standard InChI is InChI=1S/C24H26Cl2N8O3S/c1-3-38(35,36)34-8-6-33(7-9-34)24-29-11-15(12-30-24)22-17-10-16(4-5-19(17)31-32-22)37-23(27)20-18(25)13-28-14(2)21(20)26/h4-5,10-13,23H,3,6-9,27H2,1-2H3,(H,31,32)/t23-/m0/s1. The van der Waals surface area contributed by atoms with Crippen molar-refractivity contribution in [3.8, 4) is 17.0 Å². The molecule has 1 aliphatic heterocycles. The first-order valence-corrected chi connectivity index (χ1v) is 14.3. The van der Waals surface area contributed by atoms with E-state index in [0.29, 0.717) is 70.4 Å². The van der Waals surface area contributed by atoms with E-state index in [0.717, 1.165) is 10.9 Å². The number of halogens is 2. The van der Waals surface area contributed by atoms with Crippen molar-refractivity contribution in [3.05, 3.63) is 58.1 Å². The number of nitrogens with two attached hydrogens (primary N) is 1. The van der Waals surface area contributed by atoms with Crippen molar-refractivity contribution in [2.24, 2.45) is 5.73 Å². The van der Waals surface area contributed by atoms with Crippen LogP contribution in [0.15, 0.2) is 36.8 Å². The van der Waals surface area contributed by atoms with Gasteiger partial charge in [-0.05, 0) is 32.0 Å². The highest BCUT2D eigenvalue weighted by atomic mass is 35.5. The molecule has 0 aliphatic carbocycles. The number of nitrogens with zero attached hydrogens (tertiary/aromatic N) is 6. The van der Waals surface area contributed by atoms with Gasteiger partial charge in [-0.3, -0.25) is 15.8 Å². The van der Waals surface area contributed by atoms with Gasteiger partial charge >= 0.3 is 0 Å². The molecule has 14 heteroatoms. The van der Waals surface area contributed by atoms with Crippen molar-refractivity contribution in [3.63, 3.8) is 0 Å². The number of benzene rings is 1. The molecule has 0 saturated carbocycles. The number of anilines is 1. The zero-order chi connectivity index (χ0) is 27.0. The van der Waals surface area contributed by atoms with Gasteiger partial charge in [0.05, 0.1) is 27.0 Å². The van der Waals surface area contributed by atoms with Crippen LogP contribution in [-0.4, -0.2) is 69.8 Å². The van der Waals surface area contributed by atoms with E-state index in [9.17, 15) is 8.42 Å². The Hall–Kier alpha value is -3.03. The summed E-state index contributed by atoms with van der Waals surface area (Å²) in [5.41, 5.74) is 9.53. The minimum absolute atomic E-state index is 0.0966. The van der Waals surface area contributed by atoms with Gasteiger partial charge in [0.25, 0.3) is 0 Å². The SMILES string of the molecule is CCS(=O)(=O)N1CCN(c2ncc(-c3n[nH]c4ccc(O[C@H](N)c5c(Cl)cnc(C)c5Cl)cc34)cn2)CC1. The van der Waals surface area contributed by atoms with Crippen LogP contribution in [0.25, 0.3) is 22.2 Å². The van der Waals surface area contributed by atoms with Gasteiger partial charge in [-0.1, -0.05) is 23.2 Å². The molecule has 11 nitrogen and oxygen atoms in total. The van der Waals surface area contributed by atoms with Crippen molar-refractivity contribution < 1.29 is 13.2 Å². The van der Waals surface area contributed by atoms with Crippen molar-refractivity contribution in [1.29, 1.82) is 0 Å². The Morgan fingerprint density at radius 1 is 1.11 bits per heavy atom. The van der Waals surface area contributed by atoms with Crippen molar-refractivity contribution in [2.45, 2.75) is 20.1 Å². The van der Waals surface area contributed by atoms with Gasteiger partial charge < -0.3 is 9.64 Å². The number of rotatable bonds is 7. The van der Waals surface area contributed by atoms with Gasteiger partial charge in [0.2, 0.25) is 16.0 Å². The Kier molecular flexibility index (Phi) is 7.43. The molecule has 1 fully saturated rings. The average molecular weight is 577 g/mol. The van der Waals surface area contributed by atoms with Gasteiger partial charge in [-0.2, -0.15) is 9.40 Å². The van der Waals surface area contributed by atoms with E-state index in [-0.39, 0.29) is 5.75 Å². The minimum Gasteiger partial charge on any atom is -0.471 e. The van der Waals surface area contributed by atoms with Crippen molar-refractivity contribution in [1.82, 2.24) is 29.5 Å². The molecule has 200 valence electrons. The summed E-state index contributed by atoms with van der Waals surface area (Å²) in [4.78, 5) is 15.1. The molecule has 4 heterocycles. The molecule has 4 aromatic rings. The van der Waals surface area contributed by atoms with E-state index in [1.165, 1.54) is 10.5 Å². The normalized spacial score (nSPS) is 15.7. The predicted molar refractivity (Wildman–Crippen MR) is 147 cm³/mol. The monoisotopic (exact) mass is 576 g/mol. The minimum atomic E-state index is -3.20. The number of nitrogens with one attached hydrogen (secondary N) is 1. The van der Waals surface area contributed by atoms with Crippen molar-refractivity contribution in [2.75, 3.05) is 36.8 Å². The number of fused-ring (bicyclic) bond motifs is 1. The number of aryl methyl sites for hydroxylation is 1. The third-order valence-corrected chi connectivity index (χ3v) is 9.12. The lowest BCUT2D eigenvalue weighted by Gasteiger charge is -2.33. The number of aromatic amines is 1. The molecule has 38 heavy (non-hydrogen) atoms.